The average Bonchev–Trinajstić information content (AvgIpc) is 2.21. The highest BCUT2D eigenvalue weighted by molar-refractivity contribution is 5.67. The summed E-state index contributed by atoms with van der Waals surface area (Å²) in [5.41, 5.74) is 0. The van der Waals surface area contributed by atoms with E-state index in [2.05, 4.69) is 0 Å². The SMILES string of the molecule is CC(=O)OCC(C)C(OC(C)=O)C(C)OC(C)=O. The van der Waals surface area contributed by atoms with Crippen LogP contribution in [0.3, 0.4) is 0 Å². The van der Waals surface area contributed by atoms with E-state index in [1.807, 2.05) is 0 Å². The van der Waals surface area contributed by atoms with Gasteiger partial charge in [-0.05, 0) is 6.92 Å². The van der Waals surface area contributed by atoms with Gasteiger partial charge < -0.3 is 14.2 Å². The molecule has 0 N–H and O–H groups in total. The van der Waals surface area contributed by atoms with E-state index < -0.39 is 30.1 Å². The highest BCUT2D eigenvalue weighted by atomic mass is 16.6. The normalized spacial score (nSPS) is 15.2. The van der Waals surface area contributed by atoms with Crippen LogP contribution in [0.4, 0.5) is 0 Å². The van der Waals surface area contributed by atoms with Gasteiger partial charge in [0.15, 0.2) is 0 Å². The maximum atomic E-state index is 11.0. The third-order valence-corrected chi connectivity index (χ3v) is 2.23. The fourth-order valence-electron chi connectivity index (χ4n) is 1.54. The van der Waals surface area contributed by atoms with E-state index in [1.54, 1.807) is 13.8 Å². The van der Waals surface area contributed by atoms with Crippen molar-refractivity contribution in [3.8, 4) is 0 Å². The van der Waals surface area contributed by atoms with Gasteiger partial charge >= 0.3 is 17.9 Å². The quantitative estimate of drug-likeness (QED) is 0.525. The second kappa shape index (κ2) is 7.68. The maximum absolute atomic E-state index is 11.0. The lowest BCUT2D eigenvalue weighted by Crippen LogP contribution is -2.39. The van der Waals surface area contributed by atoms with Gasteiger partial charge in [-0.1, -0.05) is 6.92 Å². The van der Waals surface area contributed by atoms with Gasteiger partial charge in [0.25, 0.3) is 0 Å². The Balaban J connectivity index is 4.58. The predicted molar refractivity (Wildman–Crippen MR) is 62.6 cm³/mol. The second-order valence-corrected chi connectivity index (χ2v) is 4.17. The van der Waals surface area contributed by atoms with Crippen LogP contribution in [0.25, 0.3) is 0 Å². The lowest BCUT2D eigenvalue weighted by atomic mass is 10.0. The molecule has 0 aromatic heterocycles. The molecule has 6 nitrogen and oxygen atoms in total. The maximum Gasteiger partial charge on any atom is 0.303 e. The van der Waals surface area contributed by atoms with Crippen molar-refractivity contribution in [2.24, 2.45) is 5.92 Å². The minimum Gasteiger partial charge on any atom is -0.465 e. The molecule has 0 fully saturated rings. The van der Waals surface area contributed by atoms with Crippen LogP contribution in [0.1, 0.15) is 34.6 Å². The van der Waals surface area contributed by atoms with E-state index in [4.69, 9.17) is 14.2 Å². The number of rotatable bonds is 6. The van der Waals surface area contributed by atoms with Gasteiger partial charge in [-0.15, -0.1) is 0 Å². The molecule has 104 valence electrons. The molecule has 3 atom stereocenters. The first kappa shape index (κ1) is 16.4. The summed E-state index contributed by atoms with van der Waals surface area (Å²) in [4.78, 5) is 32.6. The van der Waals surface area contributed by atoms with Gasteiger partial charge in [-0.3, -0.25) is 14.4 Å². The molecule has 0 saturated heterocycles. The lowest BCUT2D eigenvalue weighted by Gasteiger charge is -2.28. The van der Waals surface area contributed by atoms with Crippen LogP contribution in [0.5, 0.6) is 0 Å². The largest absolute Gasteiger partial charge is 0.465 e. The number of carbonyl (C=O) groups excluding carboxylic acids is 3. The molecule has 0 aromatic rings. The highest BCUT2D eigenvalue weighted by Crippen LogP contribution is 2.16. The molecule has 0 radical (unpaired) electrons. The third kappa shape index (κ3) is 6.88. The number of carbonyl (C=O) groups is 3. The van der Waals surface area contributed by atoms with Crippen molar-refractivity contribution in [1.82, 2.24) is 0 Å². The lowest BCUT2D eigenvalue weighted by molar-refractivity contribution is -0.170. The topological polar surface area (TPSA) is 78.9 Å². The van der Waals surface area contributed by atoms with E-state index in [9.17, 15) is 14.4 Å². The minimum atomic E-state index is -0.647. The highest BCUT2D eigenvalue weighted by Gasteiger charge is 2.29. The Kier molecular flexibility index (Phi) is 7.00. The molecule has 18 heavy (non-hydrogen) atoms. The summed E-state index contributed by atoms with van der Waals surface area (Å²) < 4.78 is 14.9. The van der Waals surface area contributed by atoms with Crippen molar-refractivity contribution in [1.29, 1.82) is 0 Å². The molecule has 0 rings (SSSR count). The zero-order valence-electron chi connectivity index (χ0n) is 11.4. The van der Waals surface area contributed by atoms with Gasteiger partial charge in [0.2, 0.25) is 0 Å². The molecular formula is C12H20O6. The van der Waals surface area contributed by atoms with E-state index in [-0.39, 0.29) is 12.5 Å². The number of hydrogen-bond donors (Lipinski definition) is 0. The Labute approximate surface area is 107 Å². The van der Waals surface area contributed by atoms with Crippen LogP contribution < -0.4 is 0 Å². The van der Waals surface area contributed by atoms with Crippen LogP contribution >= 0.6 is 0 Å². The molecule has 0 aliphatic carbocycles. The molecule has 3 unspecified atom stereocenters. The van der Waals surface area contributed by atoms with E-state index in [0.29, 0.717) is 0 Å². The smallest absolute Gasteiger partial charge is 0.303 e. The summed E-state index contributed by atoms with van der Waals surface area (Å²) >= 11 is 0. The Morgan fingerprint density at radius 3 is 1.78 bits per heavy atom. The first-order valence-electron chi connectivity index (χ1n) is 5.71. The van der Waals surface area contributed by atoms with Crippen molar-refractivity contribution in [2.45, 2.75) is 46.8 Å². The zero-order chi connectivity index (χ0) is 14.3. The van der Waals surface area contributed by atoms with Gasteiger partial charge in [-0.25, -0.2) is 0 Å². The van der Waals surface area contributed by atoms with E-state index in [0.717, 1.165) is 0 Å². The standard InChI is InChI=1S/C12H20O6/c1-7(6-16-9(3)13)12(18-11(5)15)8(2)17-10(4)14/h7-8,12H,6H2,1-5H3. The average molecular weight is 260 g/mol. The Hall–Kier alpha value is -1.59. The Morgan fingerprint density at radius 2 is 1.39 bits per heavy atom. The fraction of sp³-hybridized carbons (Fsp3) is 0.750. The Morgan fingerprint density at radius 1 is 0.889 bits per heavy atom. The van der Waals surface area contributed by atoms with Crippen molar-refractivity contribution >= 4 is 17.9 Å². The Bertz CT molecular complexity index is 312. The van der Waals surface area contributed by atoms with Crippen LogP contribution in [0.15, 0.2) is 0 Å². The van der Waals surface area contributed by atoms with Gasteiger partial charge in [0, 0.05) is 26.7 Å². The number of hydrogen-bond acceptors (Lipinski definition) is 6. The molecule has 0 aliphatic rings. The van der Waals surface area contributed by atoms with E-state index in [1.165, 1.54) is 20.8 Å². The van der Waals surface area contributed by atoms with Gasteiger partial charge in [0.1, 0.15) is 12.2 Å². The molecule has 0 amide bonds. The van der Waals surface area contributed by atoms with Crippen LogP contribution in [0.2, 0.25) is 0 Å². The van der Waals surface area contributed by atoms with Crippen molar-refractivity contribution in [3.05, 3.63) is 0 Å². The molecule has 0 saturated carbocycles. The summed E-state index contributed by atoms with van der Waals surface area (Å²) in [7, 11) is 0. The summed E-state index contributed by atoms with van der Waals surface area (Å²) in [6, 6.07) is 0. The molecule has 0 aromatic carbocycles. The number of ether oxygens (including phenoxy) is 3. The summed E-state index contributed by atoms with van der Waals surface area (Å²) in [6.45, 7) is 7.31. The fourth-order valence-corrected chi connectivity index (χ4v) is 1.54. The van der Waals surface area contributed by atoms with Crippen molar-refractivity contribution < 1.29 is 28.6 Å². The number of esters is 3. The first-order valence-corrected chi connectivity index (χ1v) is 5.71. The molecular weight excluding hydrogens is 240 g/mol. The van der Waals surface area contributed by atoms with E-state index >= 15 is 0 Å². The minimum absolute atomic E-state index is 0.0961. The molecule has 0 bridgehead atoms. The third-order valence-electron chi connectivity index (χ3n) is 2.23. The molecule has 0 spiro atoms. The molecule has 0 aliphatic heterocycles. The predicted octanol–water partition coefficient (Wildman–Crippen LogP) is 1.07. The van der Waals surface area contributed by atoms with Crippen LogP contribution in [-0.2, 0) is 28.6 Å². The molecule has 0 heterocycles. The molecule has 6 heteroatoms. The van der Waals surface area contributed by atoms with Crippen LogP contribution in [-0.4, -0.2) is 36.7 Å². The summed E-state index contributed by atoms with van der Waals surface area (Å²) in [5, 5.41) is 0. The second-order valence-electron chi connectivity index (χ2n) is 4.17. The van der Waals surface area contributed by atoms with Gasteiger partial charge in [-0.2, -0.15) is 0 Å². The van der Waals surface area contributed by atoms with Crippen molar-refractivity contribution in [3.63, 3.8) is 0 Å². The summed E-state index contributed by atoms with van der Waals surface area (Å²) in [6.07, 6.45) is -1.25. The van der Waals surface area contributed by atoms with Crippen molar-refractivity contribution in [2.75, 3.05) is 6.61 Å². The summed E-state index contributed by atoms with van der Waals surface area (Å²) in [5.74, 6) is -1.62. The zero-order valence-corrected chi connectivity index (χ0v) is 11.4. The first-order chi connectivity index (χ1) is 8.23. The van der Waals surface area contributed by atoms with Crippen LogP contribution in [0, 0.1) is 5.92 Å². The monoisotopic (exact) mass is 260 g/mol. The van der Waals surface area contributed by atoms with Gasteiger partial charge in [0.05, 0.1) is 6.61 Å².